The number of hydrogen-bond acceptors (Lipinski definition) is 5. The Balaban J connectivity index is 1.68. The number of aromatic nitrogens is 5. The summed E-state index contributed by atoms with van der Waals surface area (Å²) in [6.45, 7) is 6.54. The highest BCUT2D eigenvalue weighted by molar-refractivity contribution is 7.20. The van der Waals surface area contributed by atoms with E-state index in [-0.39, 0.29) is 5.91 Å². The SMILES string of the molecule is CCn1nc(C(=O)Nc2cc(C)nn2-c2nc3ccccc3s2)cc1C. The van der Waals surface area contributed by atoms with Crippen molar-refractivity contribution in [1.29, 1.82) is 0 Å². The Bertz CT molecular complexity index is 1070. The van der Waals surface area contributed by atoms with Gasteiger partial charge in [0.05, 0.1) is 15.9 Å². The summed E-state index contributed by atoms with van der Waals surface area (Å²) >= 11 is 1.53. The number of amides is 1. The zero-order chi connectivity index (χ0) is 18.3. The number of aryl methyl sites for hydroxylation is 3. The summed E-state index contributed by atoms with van der Waals surface area (Å²) in [5.74, 6) is 0.317. The summed E-state index contributed by atoms with van der Waals surface area (Å²) in [5, 5.41) is 12.4. The van der Waals surface area contributed by atoms with Crippen molar-refractivity contribution in [3.05, 3.63) is 53.5 Å². The minimum absolute atomic E-state index is 0.262. The molecule has 4 aromatic rings. The van der Waals surface area contributed by atoms with Crippen molar-refractivity contribution in [2.75, 3.05) is 5.32 Å². The minimum Gasteiger partial charge on any atom is -0.305 e. The van der Waals surface area contributed by atoms with Crippen LogP contribution in [0.4, 0.5) is 5.82 Å². The quantitative estimate of drug-likeness (QED) is 0.599. The second kappa shape index (κ2) is 6.38. The van der Waals surface area contributed by atoms with Gasteiger partial charge in [-0.2, -0.15) is 14.9 Å². The van der Waals surface area contributed by atoms with Crippen molar-refractivity contribution in [3.8, 4) is 5.13 Å². The number of nitrogens with zero attached hydrogens (tertiary/aromatic N) is 5. The van der Waals surface area contributed by atoms with Gasteiger partial charge >= 0.3 is 0 Å². The van der Waals surface area contributed by atoms with Gasteiger partial charge in [-0.1, -0.05) is 23.5 Å². The third-order valence-corrected chi connectivity index (χ3v) is 5.06. The maximum atomic E-state index is 12.6. The molecule has 0 saturated carbocycles. The van der Waals surface area contributed by atoms with Crippen LogP contribution in [-0.4, -0.2) is 30.5 Å². The third kappa shape index (κ3) is 2.88. The number of nitrogens with one attached hydrogen (secondary N) is 1. The van der Waals surface area contributed by atoms with Crippen LogP contribution >= 0.6 is 11.3 Å². The van der Waals surface area contributed by atoms with Crippen molar-refractivity contribution < 1.29 is 4.79 Å². The molecule has 0 atom stereocenters. The number of thiazole rings is 1. The van der Waals surface area contributed by atoms with Crippen LogP contribution in [0.3, 0.4) is 0 Å². The van der Waals surface area contributed by atoms with Crippen molar-refractivity contribution >= 4 is 33.3 Å². The third-order valence-electron chi connectivity index (χ3n) is 4.05. The fraction of sp³-hybridized carbons (Fsp3) is 0.222. The Kier molecular flexibility index (Phi) is 4.04. The largest absolute Gasteiger partial charge is 0.305 e. The van der Waals surface area contributed by atoms with Crippen LogP contribution < -0.4 is 5.32 Å². The highest BCUT2D eigenvalue weighted by atomic mass is 32.1. The predicted molar refractivity (Wildman–Crippen MR) is 102 cm³/mol. The molecule has 0 aliphatic rings. The maximum Gasteiger partial charge on any atom is 0.277 e. The first-order valence-corrected chi connectivity index (χ1v) is 9.15. The number of anilines is 1. The standard InChI is InChI=1S/C18H18N6OS/c1-4-23-12(3)10-14(22-23)17(25)20-16-9-11(2)21-24(16)18-19-13-7-5-6-8-15(13)26-18/h5-10H,4H2,1-3H3,(H,20,25). The van der Waals surface area contributed by atoms with E-state index in [1.54, 1.807) is 15.4 Å². The second-order valence-corrected chi connectivity index (χ2v) is 7.00. The van der Waals surface area contributed by atoms with E-state index in [2.05, 4.69) is 20.5 Å². The summed E-state index contributed by atoms with van der Waals surface area (Å²) in [6.07, 6.45) is 0. The van der Waals surface area contributed by atoms with Gasteiger partial charge in [0.1, 0.15) is 5.82 Å². The molecule has 0 fully saturated rings. The zero-order valence-electron chi connectivity index (χ0n) is 14.7. The number of carbonyl (C=O) groups excluding carboxylic acids is 1. The molecule has 0 unspecified atom stereocenters. The molecule has 1 N–H and O–H groups in total. The van der Waals surface area contributed by atoms with Gasteiger partial charge in [0.25, 0.3) is 5.91 Å². The highest BCUT2D eigenvalue weighted by Crippen LogP contribution is 2.27. The average Bonchev–Trinajstić information content (AvgIpc) is 3.30. The summed E-state index contributed by atoms with van der Waals surface area (Å²) in [4.78, 5) is 17.2. The Morgan fingerprint density at radius 2 is 2.00 bits per heavy atom. The van der Waals surface area contributed by atoms with Gasteiger partial charge in [-0.15, -0.1) is 0 Å². The molecular weight excluding hydrogens is 348 g/mol. The van der Waals surface area contributed by atoms with Gasteiger partial charge in [-0.3, -0.25) is 9.48 Å². The van der Waals surface area contributed by atoms with Gasteiger partial charge in [-0.05, 0) is 39.0 Å². The van der Waals surface area contributed by atoms with Crippen molar-refractivity contribution in [2.45, 2.75) is 27.3 Å². The van der Waals surface area contributed by atoms with E-state index in [0.29, 0.717) is 16.6 Å². The fourth-order valence-electron chi connectivity index (χ4n) is 2.81. The summed E-state index contributed by atoms with van der Waals surface area (Å²) in [7, 11) is 0. The van der Waals surface area contributed by atoms with Crippen LogP contribution in [0.15, 0.2) is 36.4 Å². The normalized spacial score (nSPS) is 11.2. The van der Waals surface area contributed by atoms with Crippen molar-refractivity contribution in [1.82, 2.24) is 24.5 Å². The molecule has 0 radical (unpaired) electrons. The molecule has 0 saturated heterocycles. The van der Waals surface area contributed by atoms with Crippen LogP contribution in [-0.2, 0) is 6.54 Å². The van der Waals surface area contributed by atoms with Crippen LogP contribution in [0.25, 0.3) is 15.3 Å². The average molecular weight is 366 g/mol. The number of rotatable bonds is 4. The Morgan fingerprint density at radius 3 is 2.73 bits per heavy atom. The number of hydrogen-bond donors (Lipinski definition) is 1. The van der Waals surface area contributed by atoms with Gasteiger partial charge in [-0.25, -0.2) is 4.98 Å². The van der Waals surface area contributed by atoms with Crippen LogP contribution in [0, 0.1) is 13.8 Å². The monoisotopic (exact) mass is 366 g/mol. The smallest absolute Gasteiger partial charge is 0.277 e. The van der Waals surface area contributed by atoms with E-state index < -0.39 is 0 Å². The molecule has 0 aliphatic carbocycles. The van der Waals surface area contributed by atoms with Crippen LogP contribution in [0.5, 0.6) is 0 Å². The minimum atomic E-state index is -0.262. The molecule has 0 bridgehead atoms. The Hall–Kier alpha value is -3.00. The first-order valence-electron chi connectivity index (χ1n) is 8.33. The second-order valence-electron chi connectivity index (χ2n) is 5.99. The first kappa shape index (κ1) is 16.5. The summed E-state index contributed by atoms with van der Waals surface area (Å²) in [5.41, 5.74) is 3.05. The molecule has 1 amide bonds. The van der Waals surface area contributed by atoms with Gasteiger partial charge in [0.15, 0.2) is 5.69 Å². The molecule has 1 aromatic carbocycles. The first-order chi connectivity index (χ1) is 12.5. The zero-order valence-corrected chi connectivity index (χ0v) is 15.5. The number of fused-ring (bicyclic) bond motifs is 1. The van der Waals surface area contributed by atoms with E-state index >= 15 is 0 Å². The summed E-state index contributed by atoms with van der Waals surface area (Å²) in [6, 6.07) is 11.5. The lowest BCUT2D eigenvalue weighted by Gasteiger charge is -2.04. The lowest BCUT2D eigenvalue weighted by molar-refractivity contribution is 0.102. The number of carbonyl (C=O) groups is 1. The molecule has 7 nitrogen and oxygen atoms in total. The van der Waals surface area contributed by atoms with E-state index in [4.69, 9.17) is 0 Å². The highest BCUT2D eigenvalue weighted by Gasteiger charge is 2.17. The maximum absolute atomic E-state index is 12.6. The van der Waals surface area contributed by atoms with E-state index in [1.165, 1.54) is 11.3 Å². The molecule has 4 rings (SSSR count). The Morgan fingerprint density at radius 1 is 1.19 bits per heavy atom. The van der Waals surface area contributed by atoms with E-state index in [0.717, 1.165) is 28.1 Å². The van der Waals surface area contributed by atoms with Crippen LogP contribution in [0.2, 0.25) is 0 Å². The molecule has 0 aliphatic heterocycles. The molecule has 8 heteroatoms. The van der Waals surface area contributed by atoms with Gasteiger partial charge in [0.2, 0.25) is 5.13 Å². The predicted octanol–water partition coefficient (Wildman–Crippen LogP) is 3.57. The van der Waals surface area contributed by atoms with Gasteiger partial charge in [0, 0.05) is 18.3 Å². The Labute approximate surface area is 154 Å². The van der Waals surface area contributed by atoms with Crippen LogP contribution in [0.1, 0.15) is 28.8 Å². The number of para-hydroxylation sites is 1. The lowest BCUT2D eigenvalue weighted by Crippen LogP contribution is -2.16. The molecule has 132 valence electrons. The van der Waals surface area contributed by atoms with Gasteiger partial charge < -0.3 is 5.32 Å². The molecule has 26 heavy (non-hydrogen) atoms. The molecule has 0 spiro atoms. The fourth-order valence-corrected chi connectivity index (χ4v) is 3.74. The molecular formula is C18H18N6OS. The molecule has 3 heterocycles. The van der Waals surface area contributed by atoms with Crippen molar-refractivity contribution in [2.24, 2.45) is 0 Å². The topological polar surface area (TPSA) is 77.6 Å². The number of benzene rings is 1. The molecule has 3 aromatic heterocycles. The van der Waals surface area contributed by atoms with E-state index in [1.807, 2.05) is 51.1 Å². The summed E-state index contributed by atoms with van der Waals surface area (Å²) < 4.78 is 4.54. The van der Waals surface area contributed by atoms with E-state index in [9.17, 15) is 4.79 Å². The lowest BCUT2D eigenvalue weighted by atomic mass is 10.3. The van der Waals surface area contributed by atoms with Crippen molar-refractivity contribution in [3.63, 3.8) is 0 Å².